The second kappa shape index (κ2) is 12.1. The Kier molecular flexibility index (Phi) is 9.98. The van der Waals surface area contributed by atoms with Gasteiger partial charge in [-0.2, -0.15) is 0 Å². The first-order chi connectivity index (χ1) is 17.6. The highest BCUT2D eigenvalue weighted by atomic mass is 28.4. The maximum Gasteiger partial charge on any atom is 0.311 e. The third-order valence-electron chi connectivity index (χ3n) is 10.6. The molecule has 3 aliphatic rings. The molecule has 218 valence electrons. The van der Waals surface area contributed by atoms with E-state index in [0.717, 1.165) is 57.7 Å². The van der Waals surface area contributed by atoms with Crippen molar-refractivity contribution in [2.45, 2.75) is 143 Å². The molecule has 1 aliphatic heterocycles. The van der Waals surface area contributed by atoms with Gasteiger partial charge in [0.2, 0.25) is 0 Å². The second-order valence-electron chi connectivity index (χ2n) is 14.7. The lowest BCUT2D eigenvalue weighted by molar-refractivity contribution is -0.172. The minimum atomic E-state index is -1.98. The molecule has 0 N–H and O–H groups in total. The number of ether oxygens (including phenoxy) is 2. The van der Waals surface area contributed by atoms with Crippen molar-refractivity contribution in [1.82, 2.24) is 0 Å². The van der Waals surface area contributed by atoms with Crippen LogP contribution in [-0.2, 0) is 28.3 Å². The molecule has 7 heteroatoms. The first-order valence-electron chi connectivity index (χ1n) is 15.1. The summed E-state index contributed by atoms with van der Waals surface area (Å²) in [5.41, 5.74) is -0.501. The van der Waals surface area contributed by atoms with E-state index in [1.807, 2.05) is 20.8 Å². The highest BCUT2D eigenvalue weighted by Crippen LogP contribution is 2.50. The molecule has 0 aromatic heterocycles. The van der Waals surface area contributed by atoms with Gasteiger partial charge >= 0.3 is 11.9 Å². The first kappa shape index (κ1) is 31.3. The van der Waals surface area contributed by atoms with Crippen LogP contribution in [0.1, 0.15) is 106 Å². The number of hydrogen-bond acceptors (Lipinski definition) is 6. The first-order valence-corrected chi connectivity index (χ1v) is 18.0. The minimum absolute atomic E-state index is 0.0771. The van der Waals surface area contributed by atoms with Gasteiger partial charge in [0.15, 0.2) is 8.32 Å². The Morgan fingerprint density at radius 2 is 1.76 bits per heavy atom. The quantitative estimate of drug-likeness (QED) is 0.173. The molecule has 2 aliphatic carbocycles. The minimum Gasteiger partial charge on any atom is -0.462 e. The Morgan fingerprint density at radius 3 is 2.37 bits per heavy atom. The average Bonchev–Trinajstić information content (AvgIpc) is 2.82. The second-order valence-corrected chi connectivity index (χ2v) is 19.5. The van der Waals surface area contributed by atoms with Crippen LogP contribution in [0.2, 0.25) is 18.1 Å². The van der Waals surface area contributed by atoms with E-state index in [4.69, 9.17) is 13.9 Å². The molecule has 0 radical (unpaired) electrons. The van der Waals surface area contributed by atoms with Gasteiger partial charge in [-0.15, -0.1) is 0 Å². The summed E-state index contributed by atoms with van der Waals surface area (Å²) in [6, 6.07) is 0. The Labute approximate surface area is 232 Å². The van der Waals surface area contributed by atoms with Crippen molar-refractivity contribution < 1.29 is 28.3 Å². The third kappa shape index (κ3) is 7.29. The Morgan fingerprint density at radius 1 is 1.08 bits per heavy atom. The number of aldehydes is 1. The molecule has 0 spiro atoms. The van der Waals surface area contributed by atoms with Crippen LogP contribution in [0.15, 0.2) is 0 Å². The SMILES string of the molecule is CCC(C)(C)C(=O)O[C@H]1C[C@@H]2C[C@@H](C=O)CC[C@@H]2[C@H](CC[C@@H]2C[C@@H](O[Si](C)(C)C(C)(C)C)CC(=O)O2)[C@@H]1C. The maximum absolute atomic E-state index is 13.0. The van der Waals surface area contributed by atoms with Crippen LogP contribution in [0.25, 0.3) is 0 Å². The molecule has 0 aromatic rings. The molecule has 0 unspecified atom stereocenters. The zero-order valence-electron chi connectivity index (χ0n) is 25.5. The van der Waals surface area contributed by atoms with Gasteiger partial charge in [0, 0.05) is 12.3 Å². The largest absolute Gasteiger partial charge is 0.462 e. The number of rotatable bonds is 9. The van der Waals surface area contributed by atoms with Gasteiger partial charge in [-0.3, -0.25) is 9.59 Å². The number of carbonyl (C=O) groups excluding carboxylic acids is 3. The lowest BCUT2D eigenvalue weighted by Crippen LogP contribution is -2.48. The topological polar surface area (TPSA) is 78.9 Å². The molecule has 0 aromatic carbocycles. The standard InChI is InChI=1S/C31H54O6Si/c1-10-31(6,7)29(34)36-27-16-22-15-21(19-32)11-13-26(22)25(20(27)2)14-12-23-17-24(18-28(33)35-23)37-38(8,9)30(3,4)5/h19-27H,10-18H2,1-9H3/t20-,21-,22-,23+,24+,25+,26-,27-/m0/s1. The average molecular weight is 551 g/mol. The summed E-state index contributed by atoms with van der Waals surface area (Å²) in [6.45, 7) is 19.3. The molecule has 1 heterocycles. The summed E-state index contributed by atoms with van der Waals surface area (Å²) in [4.78, 5) is 37.2. The van der Waals surface area contributed by atoms with E-state index in [1.54, 1.807) is 0 Å². The van der Waals surface area contributed by atoms with E-state index in [9.17, 15) is 14.4 Å². The van der Waals surface area contributed by atoms with Crippen molar-refractivity contribution in [2.24, 2.45) is 35.0 Å². The predicted octanol–water partition coefficient (Wildman–Crippen LogP) is 7.10. The number of fused-ring (bicyclic) bond motifs is 1. The van der Waals surface area contributed by atoms with Crippen LogP contribution < -0.4 is 0 Å². The van der Waals surface area contributed by atoms with Crippen molar-refractivity contribution in [2.75, 3.05) is 0 Å². The number of cyclic esters (lactones) is 1. The molecule has 3 fully saturated rings. The van der Waals surface area contributed by atoms with E-state index in [0.29, 0.717) is 24.2 Å². The van der Waals surface area contributed by atoms with Crippen molar-refractivity contribution >= 4 is 26.5 Å². The molecule has 6 nitrogen and oxygen atoms in total. The van der Waals surface area contributed by atoms with Crippen molar-refractivity contribution in [3.63, 3.8) is 0 Å². The maximum atomic E-state index is 13.0. The number of carbonyl (C=O) groups is 3. The summed E-state index contributed by atoms with van der Waals surface area (Å²) in [5.74, 6) is 1.37. The summed E-state index contributed by atoms with van der Waals surface area (Å²) >= 11 is 0. The van der Waals surface area contributed by atoms with Crippen LogP contribution >= 0.6 is 0 Å². The van der Waals surface area contributed by atoms with E-state index >= 15 is 0 Å². The Balaban J connectivity index is 1.71. The monoisotopic (exact) mass is 550 g/mol. The van der Waals surface area contributed by atoms with Gasteiger partial charge in [-0.25, -0.2) is 0 Å². The van der Waals surface area contributed by atoms with Crippen LogP contribution in [0.3, 0.4) is 0 Å². The Hall–Kier alpha value is -1.21. The predicted molar refractivity (Wildman–Crippen MR) is 152 cm³/mol. The molecule has 1 saturated heterocycles. The lowest BCUT2D eigenvalue weighted by atomic mass is 9.58. The van der Waals surface area contributed by atoms with Gasteiger partial charge in [0.25, 0.3) is 0 Å². The summed E-state index contributed by atoms with van der Waals surface area (Å²) < 4.78 is 18.6. The molecule has 8 atom stereocenters. The smallest absolute Gasteiger partial charge is 0.311 e. The fourth-order valence-electron chi connectivity index (χ4n) is 6.62. The summed E-state index contributed by atoms with van der Waals surface area (Å²) in [5, 5.41) is 0.0928. The molecule has 2 saturated carbocycles. The van der Waals surface area contributed by atoms with Crippen LogP contribution in [-0.4, -0.2) is 44.9 Å². The van der Waals surface area contributed by atoms with Crippen molar-refractivity contribution in [3.8, 4) is 0 Å². The van der Waals surface area contributed by atoms with E-state index < -0.39 is 13.7 Å². The number of esters is 2. The van der Waals surface area contributed by atoms with Gasteiger partial charge in [-0.1, -0.05) is 34.6 Å². The van der Waals surface area contributed by atoms with Crippen LogP contribution in [0.5, 0.6) is 0 Å². The van der Waals surface area contributed by atoms with Gasteiger partial charge in [-0.05, 0) is 101 Å². The lowest BCUT2D eigenvalue weighted by Gasteiger charge is -2.49. The molecule has 3 rings (SSSR count). The number of hydrogen-bond donors (Lipinski definition) is 0. The van der Waals surface area contributed by atoms with Gasteiger partial charge in [0.1, 0.15) is 18.5 Å². The molecular weight excluding hydrogens is 496 g/mol. The molecular formula is C31H54O6Si. The van der Waals surface area contributed by atoms with Crippen LogP contribution in [0.4, 0.5) is 0 Å². The molecule has 38 heavy (non-hydrogen) atoms. The zero-order chi connectivity index (χ0) is 28.5. The molecule has 0 amide bonds. The fourth-order valence-corrected chi connectivity index (χ4v) is 7.98. The van der Waals surface area contributed by atoms with Crippen molar-refractivity contribution in [1.29, 1.82) is 0 Å². The van der Waals surface area contributed by atoms with Gasteiger partial charge < -0.3 is 18.7 Å². The van der Waals surface area contributed by atoms with E-state index in [2.05, 4.69) is 40.8 Å². The fraction of sp³-hybridized carbons (Fsp3) is 0.903. The van der Waals surface area contributed by atoms with Crippen LogP contribution in [0, 0.1) is 35.0 Å². The third-order valence-corrected chi connectivity index (χ3v) is 15.2. The van der Waals surface area contributed by atoms with Gasteiger partial charge in [0.05, 0.1) is 17.9 Å². The zero-order valence-corrected chi connectivity index (χ0v) is 26.5. The normalized spacial score (nSPS) is 34.7. The van der Waals surface area contributed by atoms with Crippen molar-refractivity contribution in [3.05, 3.63) is 0 Å². The highest BCUT2D eigenvalue weighted by molar-refractivity contribution is 6.74. The Bertz CT molecular complexity index is 846. The van der Waals surface area contributed by atoms with E-state index in [-0.39, 0.29) is 47.1 Å². The molecule has 0 bridgehead atoms. The summed E-state index contributed by atoms with van der Waals surface area (Å²) in [7, 11) is -1.98. The highest BCUT2D eigenvalue weighted by Gasteiger charge is 2.48. The summed E-state index contributed by atoms with van der Waals surface area (Å²) in [6.07, 6.45) is 8.08. The van der Waals surface area contributed by atoms with E-state index in [1.165, 1.54) is 0 Å².